The highest BCUT2D eigenvalue weighted by atomic mass is 16.1. The van der Waals surface area contributed by atoms with Gasteiger partial charge in [0, 0.05) is 13.1 Å². The molecule has 0 aromatic rings. The van der Waals surface area contributed by atoms with Crippen molar-refractivity contribution in [2.45, 2.75) is 6.92 Å². The molecule has 0 fully saturated rings. The maximum Gasteiger partial charge on any atom is 0.220 e. The molecule has 8 heavy (non-hydrogen) atoms. The average Bonchev–Trinajstić information content (AvgIpc) is 1.66. The van der Waals surface area contributed by atoms with E-state index in [9.17, 15) is 4.79 Å². The van der Waals surface area contributed by atoms with Gasteiger partial charge < -0.3 is 5.32 Å². The molecule has 0 radical (unpaired) electrons. The van der Waals surface area contributed by atoms with Crippen molar-refractivity contribution in [3.05, 3.63) is 24.9 Å². The van der Waals surface area contributed by atoms with E-state index in [0.717, 1.165) is 0 Å². The minimum Gasteiger partial charge on any atom is -0.333 e. The van der Waals surface area contributed by atoms with Crippen LogP contribution in [-0.4, -0.2) is 5.91 Å². The summed E-state index contributed by atoms with van der Waals surface area (Å²) in [7, 11) is 0. The van der Waals surface area contributed by atoms with Crippen LogP contribution in [-0.2, 0) is 4.79 Å². The number of hydrogen-bond donors (Lipinski definition) is 1. The van der Waals surface area contributed by atoms with Crippen molar-refractivity contribution in [2.75, 3.05) is 0 Å². The molecule has 0 aromatic heterocycles. The van der Waals surface area contributed by atoms with Crippen molar-refractivity contribution in [3.63, 3.8) is 0 Å². The van der Waals surface area contributed by atoms with Crippen LogP contribution < -0.4 is 5.32 Å². The molecule has 0 unspecified atom stereocenters. The third-order valence-corrected chi connectivity index (χ3v) is 0.519. The van der Waals surface area contributed by atoms with Gasteiger partial charge in [-0.1, -0.05) is 12.7 Å². The van der Waals surface area contributed by atoms with Crippen LogP contribution in [0.4, 0.5) is 0 Å². The Hall–Kier alpha value is -1.05. The van der Waals surface area contributed by atoms with Crippen molar-refractivity contribution in [2.24, 2.45) is 0 Å². The van der Waals surface area contributed by atoms with Gasteiger partial charge in [-0.15, -0.1) is 0 Å². The lowest BCUT2D eigenvalue weighted by Gasteiger charge is -1.85. The Morgan fingerprint density at radius 2 is 2.38 bits per heavy atom. The van der Waals surface area contributed by atoms with Crippen LogP contribution >= 0.6 is 0 Å². The minimum absolute atomic E-state index is 0.0666. The Bertz CT molecular complexity index is 116. The van der Waals surface area contributed by atoms with E-state index in [4.69, 9.17) is 0 Å². The third-order valence-electron chi connectivity index (χ3n) is 0.519. The van der Waals surface area contributed by atoms with E-state index in [2.05, 4.69) is 11.9 Å². The predicted molar refractivity (Wildman–Crippen MR) is 33.2 cm³/mol. The molecule has 0 saturated heterocycles. The number of allylic oxidation sites excluding steroid dienone is 2. The normalized spacial score (nSPS) is 9.12. The molecule has 0 aliphatic carbocycles. The van der Waals surface area contributed by atoms with E-state index in [1.54, 1.807) is 12.2 Å². The molecule has 0 bridgehead atoms. The van der Waals surface area contributed by atoms with Gasteiger partial charge in [0.25, 0.3) is 0 Å². The zero-order valence-electron chi connectivity index (χ0n) is 4.85. The molecule has 0 aliphatic rings. The Labute approximate surface area is 48.9 Å². The lowest BCUT2D eigenvalue weighted by atomic mass is 10.6. The maximum atomic E-state index is 10.1. The molecule has 0 spiro atoms. The van der Waals surface area contributed by atoms with Crippen molar-refractivity contribution in [3.8, 4) is 0 Å². The van der Waals surface area contributed by atoms with Gasteiger partial charge in [0.1, 0.15) is 0 Å². The van der Waals surface area contributed by atoms with Gasteiger partial charge in [-0.05, 0) is 6.08 Å². The molecule has 44 valence electrons. The molecular weight excluding hydrogens is 102 g/mol. The Morgan fingerprint density at radius 3 is 2.75 bits per heavy atom. The van der Waals surface area contributed by atoms with Crippen molar-refractivity contribution < 1.29 is 4.79 Å². The second-order valence-electron chi connectivity index (χ2n) is 1.30. The van der Waals surface area contributed by atoms with Crippen LogP contribution in [0.2, 0.25) is 0 Å². The van der Waals surface area contributed by atoms with Gasteiger partial charge >= 0.3 is 0 Å². The molecule has 1 N–H and O–H groups in total. The van der Waals surface area contributed by atoms with Crippen molar-refractivity contribution in [1.29, 1.82) is 0 Å². The lowest BCUT2D eigenvalue weighted by Crippen LogP contribution is -2.10. The molecule has 0 atom stereocenters. The van der Waals surface area contributed by atoms with Gasteiger partial charge in [-0.3, -0.25) is 4.79 Å². The zero-order valence-corrected chi connectivity index (χ0v) is 4.85. The smallest absolute Gasteiger partial charge is 0.220 e. The first-order chi connectivity index (χ1) is 3.77. The van der Waals surface area contributed by atoms with Gasteiger partial charge in [0.2, 0.25) is 5.91 Å². The fourth-order valence-electron chi connectivity index (χ4n) is 0.234. The lowest BCUT2D eigenvalue weighted by molar-refractivity contribution is -0.118. The summed E-state index contributed by atoms with van der Waals surface area (Å²) in [4.78, 5) is 10.1. The predicted octanol–water partition coefficient (Wildman–Crippen LogP) is 0.822. The minimum atomic E-state index is -0.0666. The summed E-state index contributed by atoms with van der Waals surface area (Å²) >= 11 is 0. The first kappa shape index (κ1) is 6.95. The number of hydrogen-bond acceptors (Lipinski definition) is 1. The van der Waals surface area contributed by atoms with E-state index < -0.39 is 0 Å². The van der Waals surface area contributed by atoms with Crippen LogP contribution in [0.25, 0.3) is 0 Å². The highest BCUT2D eigenvalue weighted by molar-refractivity contribution is 5.73. The Morgan fingerprint density at radius 1 is 1.75 bits per heavy atom. The molecular formula is C6H9NO. The van der Waals surface area contributed by atoms with Crippen LogP contribution in [0.1, 0.15) is 6.92 Å². The third kappa shape index (κ3) is 4.95. The Kier molecular flexibility index (Phi) is 3.58. The SMILES string of the molecule is C=C/C=C\NC(C)=O. The Balaban J connectivity index is 3.29. The fourth-order valence-corrected chi connectivity index (χ4v) is 0.234. The first-order valence-electron chi connectivity index (χ1n) is 2.32. The monoisotopic (exact) mass is 111 g/mol. The van der Waals surface area contributed by atoms with Crippen LogP contribution in [0.5, 0.6) is 0 Å². The number of carbonyl (C=O) groups excluding carboxylic acids is 1. The summed E-state index contributed by atoms with van der Waals surface area (Å²) in [5, 5.41) is 2.46. The van der Waals surface area contributed by atoms with E-state index in [-0.39, 0.29) is 5.91 Å². The van der Waals surface area contributed by atoms with E-state index >= 15 is 0 Å². The summed E-state index contributed by atoms with van der Waals surface area (Å²) in [6.07, 6.45) is 4.78. The highest BCUT2D eigenvalue weighted by Gasteiger charge is 1.77. The van der Waals surface area contributed by atoms with E-state index in [0.29, 0.717) is 0 Å². The first-order valence-corrected chi connectivity index (χ1v) is 2.32. The average molecular weight is 111 g/mol. The standard InChI is InChI=1S/C6H9NO/c1-3-4-5-7-6(2)8/h3-5H,1H2,2H3,(H,7,8)/b5-4-. The number of carbonyl (C=O) groups is 1. The van der Waals surface area contributed by atoms with Gasteiger partial charge in [-0.25, -0.2) is 0 Å². The molecule has 1 amide bonds. The zero-order chi connectivity index (χ0) is 6.41. The van der Waals surface area contributed by atoms with Crippen molar-refractivity contribution in [1.82, 2.24) is 5.32 Å². The van der Waals surface area contributed by atoms with E-state index in [1.807, 2.05) is 0 Å². The molecule has 0 heterocycles. The fraction of sp³-hybridized carbons (Fsp3) is 0.167. The largest absolute Gasteiger partial charge is 0.333 e. The summed E-state index contributed by atoms with van der Waals surface area (Å²) < 4.78 is 0. The van der Waals surface area contributed by atoms with Crippen LogP contribution in [0.15, 0.2) is 24.9 Å². The number of amides is 1. The topological polar surface area (TPSA) is 29.1 Å². The molecule has 0 aliphatic heterocycles. The summed E-state index contributed by atoms with van der Waals surface area (Å²) in [6.45, 7) is 4.87. The molecule has 0 saturated carbocycles. The van der Waals surface area contributed by atoms with Crippen molar-refractivity contribution >= 4 is 5.91 Å². The molecule has 2 heteroatoms. The van der Waals surface area contributed by atoms with Crippen LogP contribution in [0.3, 0.4) is 0 Å². The second kappa shape index (κ2) is 4.12. The summed E-state index contributed by atoms with van der Waals surface area (Å²) in [5.41, 5.74) is 0. The van der Waals surface area contributed by atoms with Crippen LogP contribution in [0, 0.1) is 0 Å². The second-order valence-corrected chi connectivity index (χ2v) is 1.30. The van der Waals surface area contributed by atoms with Gasteiger partial charge in [0.05, 0.1) is 0 Å². The van der Waals surface area contributed by atoms with Gasteiger partial charge in [-0.2, -0.15) is 0 Å². The summed E-state index contributed by atoms with van der Waals surface area (Å²) in [6, 6.07) is 0. The number of nitrogens with one attached hydrogen (secondary N) is 1. The van der Waals surface area contributed by atoms with Gasteiger partial charge in [0.15, 0.2) is 0 Å². The maximum absolute atomic E-state index is 10.1. The summed E-state index contributed by atoms with van der Waals surface area (Å²) in [5.74, 6) is -0.0666. The molecule has 0 aromatic carbocycles. The number of rotatable bonds is 2. The molecule has 2 nitrogen and oxygen atoms in total. The highest BCUT2D eigenvalue weighted by Crippen LogP contribution is 1.66. The van der Waals surface area contributed by atoms with E-state index in [1.165, 1.54) is 13.1 Å². The molecule has 0 rings (SSSR count). The quantitative estimate of drug-likeness (QED) is 0.525.